The van der Waals surface area contributed by atoms with Gasteiger partial charge in [-0.1, -0.05) is 35.9 Å². The number of nitrogens with two attached hydrogens (primary N) is 1. The fraction of sp³-hybridized carbons (Fsp3) is 0.167. The number of benzene rings is 2. The lowest BCUT2D eigenvalue weighted by atomic mass is 10.1. The van der Waals surface area contributed by atoms with Gasteiger partial charge in [-0.3, -0.25) is 0 Å². The number of aryl methyl sites for hydroxylation is 1. The summed E-state index contributed by atoms with van der Waals surface area (Å²) in [6, 6.07) is 15.3. The summed E-state index contributed by atoms with van der Waals surface area (Å²) >= 11 is 0. The van der Waals surface area contributed by atoms with Crippen molar-refractivity contribution in [2.75, 3.05) is 0 Å². The monoisotopic (exact) mass is 339 g/mol. The smallest absolute Gasteiger partial charge is 0.268 e. The summed E-state index contributed by atoms with van der Waals surface area (Å²) in [7, 11) is -3.71. The van der Waals surface area contributed by atoms with E-state index in [9.17, 15) is 8.42 Å². The van der Waals surface area contributed by atoms with E-state index in [4.69, 9.17) is 11.0 Å². The van der Waals surface area contributed by atoms with Crippen LogP contribution in [-0.4, -0.2) is 18.4 Å². The minimum atomic E-state index is -3.71. The molecule has 0 fully saturated rings. The van der Waals surface area contributed by atoms with Gasteiger partial charge in [-0.05, 0) is 30.7 Å². The second-order valence-electron chi connectivity index (χ2n) is 5.73. The van der Waals surface area contributed by atoms with Crippen LogP contribution in [0.5, 0.6) is 0 Å². The highest BCUT2D eigenvalue weighted by molar-refractivity contribution is 7.90. The van der Waals surface area contributed by atoms with Gasteiger partial charge in [0.15, 0.2) is 0 Å². The van der Waals surface area contributed by atoms with Crippen molar-refractivity contribution in [1.82, 2.24) is 3.97 Å². The van der Waals surface area contributed by atoms with E-state index in [2.05, 4.69) is 0 Å². The SMILES string of the molecule is Cc1ccc(S(=O)(=O)n2cc(CC(N)C#N)c3ccccc32)cc1. The molecule has 1 atom stereocenters. The van der Waals surface area contributed by atoms with E-state index < -0.39 is 16.1 Å². The molecule has 0 radical (unpaired) electrons. The number of para-hydroxylation sites is 1. The van der Waals surface area contributed by atoms with Crippen LogP contribution in [0.15, 0.2) is 59.6 Å². The molecule has 0 aliphatic heterocycles. The molecule has 2 aromatic carbocycles. The number of hydrogen-bond donors (Lipinski definition) is 1. The van der Waals surface area contributed by atoms with Crippen LogP contribution in [-0.2, 0) is 16.4 Å². The summed E-state index contributed by atoms with van der Waals surface area (Å²) in [4.78, 5) is 0.227. The maximum atomic E-state index is 13.0. The fourth-order valence-corrected chi connectivity index (χ4v) is 4.08. The zero-order chi connectivity index (χ0) is 17.3. The molecule has 1 heterocycles. The number of hydrogen-bond acceptors (Lipinski definition) is 4. The lowest BCUT2D eigenvalue weighted by molar-refractivity contribution is 0.589. The fourth-order valence-electron chi connectivity index (χ4n) is 2.69. The van der Waals surface area contributed by atoms with E-state index in [-0.39, 0.29) is 4.90 Å². The van der Waals surface area contributed by atoms with Gasteiger partial charge in [0.25, 0.3) is 10.0 Å². The van der Waals surface area contributed by atoms with Crippen molar-refractivity contribution in [1.29, 1.82) is 5.26 Å². The zero-order valence-electron chi connectivity index (χ0n) is 13.2. The Morgan fingerprint density at radius 3 is 2.50 bits per heavy atom. The average Bonchev–Trinajstić information content (AvgIpc) is 2.95. The Balaban J connectivity index is 2.19. The van der Waals surface area contributed by atoms with Gasteiger partial charge < -0.3 is 5.73 Å². The molecule has 1 unspecified atom stereocenters. The quantitative estimate of drug-likeness (QED) is 0.791. The van der Waals surface area contributed by atoms with Crippen LogP contribution in [0.1, 0.15) is 11.1 Å². The second-order valence-corrected chi connectivity index (χ2v) is 7.54. The topological polar surface area (TPSA) is 88.9 Å². The molecule has 0 spiro atoms. The summed E-state index contributed by atoms with van der Waals surface area (Å²) in [5, 5.41) is 9.73. The number of nitrogens with zero attached hydrogens (tertiary/aromatic N) is 2. The van der Waals surface area contributed by atoms with Gasteiger partial charge >= 0.3 is 0 Å². The first-order chi connectivity index (χ1) is 11.4. The first-order valence-corrected chi connectivity index (χ1v) is 8.94. The van der Waals surface area contributed by atoms with Gasteiger partial charge in [0, 0.05) is 18.0 Å². The highest BCUT2D eigenvalue weighted by Crippen LogP contribution is 2.26. The second kappa shape index (κ2) is 6.11. The van der Waals surface area contributed by atoms with Gasteiger partial charge in [0.1, 0.15) is 0 Å². The molecule has 0 aliphatic carbocycles. The molecule has 1 aromatic heterocycles. The molecule has 3 aromatic rings. The molecule has 2 N–H and O–H groups in total. The van der Waals surface area contributed by atoms with E-state index >= 15 is 0 Å². The largest absolute Gasteiger partial charge is 0.316 e. The Hall–Kier alpha value is -2.62. The van der Waals surface area contributed by atoms with Gasteiger partial charge in [-0.2, -0.15) is 5.26 Å². The number of aromatic nitrogens is 1. The minimum Gasteiger partial charge on any atom is -0.316 e. The Morgan fingerprint density at radius 1 is 1.17 bits per heavy atom. The maximum absolute atomic E-state index is 13.0. The molecule has 6 heteroatoms. The van der Waals surface area contributed by atoms with Crippen molar-refractivity contribution in [3.05, 3.63) is 65.9 Å². The van der Waals surface area contributed by atoms with Gasteiger partial charge in [0.05, 0.1) is 22.5 Å². The number of rotatable bonds is 4. The van der Waals surface area contributed by atoms with E-state index in [0.717, 1.165) is 16.5 Å². The van der Waals surface area contributed by atoms with Crippen LogP contribution < -0.4 is 5.73 Å². The minimum absolute atomic E-state index is 0.227. The Bertz CT molecular complexity index is 1030. The maximum Gasteiger partial charge on any atom is 0.268 e. The predicted molar refractivity (Wildman–Crippen MR) is 93.0 cm³/mol. The highest BCUT2D eigenvalue weighted by atomic mass is 32.2. The summed E-state index contributed by atoms with van der Waals surface area (Å²) < 4.78 is 27.3. The first-order valence-electron chi connectivity index (χ1n) is 7.50. The van der Waals surface area contributed by atoms with Crippen molar-refractivity contribution in [3.8, 4) is 6.07 Å². The standard InChI is InChI=1S/C18H17N3O2S/c1-13-6-8-16(9-7-13)24(22,23)21-12-14(10-15(20)11-19)17-4-2-3-5-18(17)21/h2-9,12,15H,10,20H2,1H3. The Kier molecular flexibility index (Phi) is 4.14. The number of nitriles is 1. The number of fused-ring (bicyclic) bond motifs is 1. The van der Waals surface area contributed by atoms with E-state index in [1.165, 1.54) is 3.97 Å². The third-order valence-corrected chi connectivity index (χ3v) is 5.63. The normalized spacial score (nSPS) is 12.9. The summed E-state index contributed by atoms with van der Waals surface area (Å²) in [6.07, 6.45) is 1.87. The molecule has 0 saturated carbocycles. The third kappa shape index (κ3) is 2.80. The van der Waals surface area contributed by atoms with Crippen LogP contribution in [0.3, 0.4) is 0 Å². The van der Waals surface area contributed by atoms with Crippen LogP contribution in [0.2, 0.25) is 0 Å². The lowest BCUT2D eigenvalue weighted by Gasteiger charge is -2.07. The van der Waals surface area contributed by atoms with Crippen LogP contribution >= 0.6 is 0 Å². The molecule has 0 saturated heterocycles. The molecule has 24 heavy (non-hydrogen) atoms. The average molecular weight is 339 g/mol. The molecule has 3 rings (SSSR count). The van der Waals surface area contributed by atoms with Crippen LogP contribution in [0.25, 0.3) is 10.9 Å². The van der Waals surface area contributed by atoms with Gasteiger partial charge in [-0.25, -0.2) is 12.4 Å². The molecule has 0 bridgehead atoms. The first kappa shape index (κ1) is 16.2. The van der Waals surface area contributed by atoms with E-state index in [1.807, 2.05) is 25.1 Å². The molecular formula is C18H17N3O2S. The lowest BCUT2D eigenvalue weighted by Crippen LogP contribution is -2.20. The molecular weight excluding hydrogens is 322 g/mol. The molecule has 0 amide bonds. The van der Waals surface area contributed by atoms with Crippen molar-refractivity contribution in [3.63, 3.8) is 0 Å². The van der Waals surface area contributed by atoms with Crippen LogP contribution in [0, 0.1) is 18.3 Å². The summed E-state index contributed by atoms with van der Waals surface area (Å²) in [5.41, 5.74) is 8.04. The van der Waals surface area contributed by atoms with Gasteiger partial charge in [0.2, 0.25) is 0 Å². The van der Waals surface area contributed by atoms with Gasteiger partial charge in [-0.15, -0.1) is 0 Å². The van der Waals surface area contributed by atoms with Crippen molar-refractivity contribution < 1.29 is 8.42 Å². The van der Waals surface area contributed by atoms with Crippen molar-refractivity contribution >= 4 is 20.9 Å². The Labute approximate surface area is 141 Å². The summed E-state index contributed by atoms with van der Waals surface area (Å²) in [6.45, 7) is 1.91. The highest BCUT2D eigenvalue weighted by Gasteiger charge is 2.21. The zero-order valence-corrected chi connectivity index (χ0v) is 14.0. The summed E-state index contributed by atoms with van der Waals surface area (Å²) in [5.74, 6) is 0. The van der Waals surface area contributed by atoms with E-state index in [0.29, 0.717) is 11.9 Å². The van der Waals surface area contributed by atoms with E-state index in [1.54, 1.807) is 42.6 Å². The molecule has 122 valence electrons. The predicted octanol–water partition coefficient (Wildman–Crippen LogP) is 2.58. The Morgan fingerprint density at radius 2 is 1.83 bits per heavy atom. The third-order valence-electron chi connectivity index (χ3n) is 3.94. The van der Waals surface area contributed by atoms with Crippen molar-refractivity contribution in [2.24, 2.45) is 5.73 Å². The van der Waals surface area contributed by atoms with Crippen LogP contribution in [0.4, 0.5) is 0 Å². The van der Waals surface area contributed by atoms with Crippen molar-refractivity contribution in [2.45, 2.75) is 24.3 Å². The molecule has 0 aliphatic rings. The molecule has 5 nitrogen and oxygen atoms in total.